The monoisotopic (exact) mass is 443 g/mol. The molecule has 4 aromatic rings. The van der Waals surface area contributed by atoms with Gasteiger partial charge in [0.25, 0.3) is 5.91 Å². The predicted octanol–water partition coefficient (Wildman–Crippen LogP) is 3.39. The van der Waals surface area contributed by atoms with Gasteiger partial charge < -0.3 is 0 Å². The van der Waals surface area contributed by atoms with Crippen molar-refractivity contribution in [2.75, 3.05) is 11.6 Å². The van der Waals surface area contributed by atoms with Gasteiger partial charge in [-0.1, -0.05) is 29.4 Å². The smallest absolute Gasteiger partial charge is 0.268 e. The van der Waals surface area contributed by atoms with Crippen molar-refractivity contribution in [1.29, 1.82) is 0 Å². The maximum atomic E-state index is 13.4. The van der Waals surface area contributed by atoms with E-state index in [9.17, 15) is 17.6 Å². The number of amides is 1. The molecule has 0 spiro atoms. The number of aromatic amines is 1. The van der Waals surface area contributed by atoms with Gasteiger partial charge in [-0.25, -0.2) is 17.9 Å². The highest BCUT2D eigenvalue weighted by atomic mass is 32.2. The van der Waals surface area contributed by atoms with E-state index in [0.717, 1.165) is 22.3 Å². The number of carbonyl (C=O) groups is 1. The number of thiophene rings is 1. The zero-order valence-electron chi connectivity index (χ0n) is 15.5. The quantitative estimate of drug-likeness (QED) is 0.488. The fourth-order valence-electron chi connectivity index (χ4n) is 2.80. The van der Waals surface area contributed by atoms with E-state index in [4.69, 9.17) is 0 Å². The number of rotatable bonds is 5. The number of carbonyl (C=O) groups excluding carboxylic acids is 1. The standard InChI is InChI=1S/C19H14FN5O3S2/c1-30(27,28)14-8-4-11(5-9-14)15-10-16(18(26)21-19-22-24-25-23-19)29-17(15)12-2-6-13(20)7-3-12/h2-10H,1H3,(H2,21,22,23,24,25,26). The van der Waals surface area contributed by atoms with Crippen LogP contribution in [0.25, 0.3) is 21.6 Å². The van der Waals surface area contributed by atoms with Crippen LogP contribution in [0.3, 0.4) is 0 Å². The van der Waals surface area contributed by atoms with Gasteiger partial charge in [-0.15, -0.1) is 11.3 Å². The number of hydrogen-bond acceptors (Lipinski definition) is 7. The minimum Gasteiger partial charge on any atom is -0.289 e. The zero-order valence-corrected chi connectivity index (χ0v) is 17.1. The van der Waals surface area contributed by atoms with E-state index < -0.39 is 15.7 Å². The maximum absolute atomic E-state index is 13.4. The molecule has 1 amide bonds. The van der Waals surface area contributed by atoms with E-state index in [-0.39, 0.29) is 16.7 Å². The van der Waals surface area contributed by atoms with Gasteiger partial charge in [0.2, 0.25) is 5.95 Å². The summed E-state index contributed by atoms with van der Waals surface area (Å²) in [5, 5.41) is 15.5. The van der Waals surface area contributed by atoms with Crippen LogP contribution in [-0.4, -0.2) is 41.2 Å². The lowest BCUT2D eigenvalue weighted by atomic mass is 10.0. The number of H-pyrrole nitrogens is 1. The van der Waals surface area contributed by atoms with Crippen LogP contribution >= 0.6 is 11.3 Å². The van der Waals surface area contributed by atoms with Crippen LogP contribution in [0.15, 0.2) is 59.5 Å². The van der Waals surface area contributed by atoms with Gasteiger partial charge in [0.15, 0.2) is 9.84 Å². The fourth-order valence-corrected chi connectivity index (χ4v) is 4.51. The van der Waals surface area contributed by atoms with E-state index in [1.54, 1.807) is 30.3 Å². The highest BCUT2D eigenvalue weighted by Crippen LogP contribution is 2.40. The lowest BCUT2D eigenvalue weighted by molar-refractivity contribution is 0.102. The molecule has 0 bridgehead atoms. The van der Waals surface area contributed by atoms with E-state index in [2.05, 4.69) is 25.9 Å². The number of hydrogen-bond donors (Lipinski definition) is 2. The average molecular weight is 443 g/mol. The lowest BCUT2D eigenvalue weighted by Gasteiger charge is -2.06. The number of aromatic nitrogens is 4. The molecular formula is C19H14FN5O3S2. The number of nitrogens with zero attached hydrogens (tertiary/aromatic N) is 3. The molecule has 0 saturated carbocycles. The highest BCUT2D eigenvalue weighted by molar-refractivity contribution is 7.90. The Bertz CT molecular complexity index is 1300. The SMILES string of the molecule is CS(=O)(=O)c1ccc(-c2cc(C(=O)Nc3nnn[nH]3)sc2-c2ccc(F)cc2)cc1. The molecule has 2 heterocycles. The second-order valence-electron chi connectivity index (χ2n) is 6.36. The van der Waals surface area contributed by atoms with Crippen molar-refractivity contribution in [3.8, 4) is 21.6 Å². The van der Waals surface area contributed by atoms with Crippen molar-refractivity contribution in [3.63, 3.8) is 0 Å². The summed E-state index contributed by atoms with van der Waals surface area (Å²) in [6.45, 7) is 0. The molecule has 0 fully saturated rings. The number of tetrazole rings is 1. The van der Waals surface area contributed by atoms with Crippen LogP contribution in [0, 0.1) is 5.82 Å². The van der Waals surface area contributed by atoms with Gasteiger partial charge in [-0.3, -0.25) is 10.1 Å². The second kappa shape index (κ2) is 7.76. The van der Waals surface area contributed by atoms with E-state index >= 15 is 0 Å². The van der Waals surface area contributed by atoms with Crippen molar-refractivity contribution < 1.29 is 17.6 Å². The normalized spacial score (nSPS) is 11.4. The molecule has 0 atom stereocenters. The Morgan fingerprint density at radius 2 is 1.73 bits per heavy atom. The summed E-state index contributed by atoms with van der Waals surface area (Å²) in [5.74, 6) is -0.679. The van der Waals surface area contributed by atoms with Gasteiger partial charge in [0.05, 0.1) is 9.77 Å². The van der Waals surface area contributed by atoms with Gasteiger partial charge in [-0.2, -0.15) is 0 Å². The average Bonchev–Trinajstić information content (AvgIpc) is 3.38. The minimum absolute atomic E-state index is 0.107. The molecule has 0 aliphatic heterocycles. The Balaban J connectivity index is 1.78. The van der Waals surface area contributed by atoms with Gasteiger partial charge in [0.1, 0.15) is 5.82 Å². The Hall–Kier alpha value is -3.44. The summed E-state index contributed by atoms with van der Waals surface area (Å²) in [6.07, 6.45) is 1.14. The summed E-state index contributed by atoms with van der Waals surface area (Å²) in [4.78, 5) is 13.9. The zero-order chi connectivity index (χ0) is 21.3. The Labute approximate surface area is 174 Å². The van der Waals surface area contributed by atoms with Crippen molar-refractivity contribution in [3.05, 3.63) is 65.3 Å². The van der Waals surface area contributed by atoms with E-state index in [1.807, 2.05) is 0 Å². The molecule has 11 heteroatoms. The largest absolute Gasteiger partial charge is 0.289 e. The number of nitrogens with one attached hydrogen (secondary N) is 2. The Morgan fingerprint density at radius 3 is 2.33 bits per heavy atom. The third-order valence-corrected chi connectivity index (χ3v) is 6.54. The first-order valence-electron chi connectivity index (χ1n) is 8.56. The summed E-state index contributed by atoms with van der Waals surface area (Å²) < 4.78 is 36.9. The van der Waals surface area contributed by atoms with Crippen molar-refractivity contribution >= 4 is 33.0 Å². The summed E-state index contributed by atoms with van der Waals surface area (Å²) in [7, 11) is -3.33. The maximum Gasteiger partial charge on any atom is 0.268 e. The van der Waals surface area contributed by atoms with Crippen LogP contribution in [0.5, 0.6) is 0 Å². The molecule has 0 saturated heterocycles. The molecule has 0 aliphatic rings. The molecule has 30 heavy (non-hydrogen) atoms. The molecule has 4 rings (SSSR count). The molecular weight excluding hydrogens is 429 g/mol. The first kappa shape index (κ1) is 19.9. The van der Waals surface area contributed by atoms with Crippen molar-refractivity contribution in [2.45, 2.75) is 4.90 Å². The molecule has 0 aliphatic carbocycles. The van der Waals surface area contributed by atoms with Gasteiger partial charge >= 0.3 is 0 Å². The number of anilines is 1. The molecule has 0 unspecified atom stereocenters. The van der Waals surface area contributed by atoms with E-state index in [1.165, 1.54) is 35.6 Å². The third-order valence-electron chi connectivity index (χ3n) is 4.23. The number of halogens is 1. The van der Waals surface area contributed by atoms with E-state index in [0.29, 0.717) is 10.4 Å². The minimum atomic E-state index is -3.33. The highest BCUT2D eigenvalue weighted by Gasteiger charge is 2.19. The van der Waals surface area contributed by atoms with Gasteiger partial charge in [0, 0.05) is 16.7 Å². The Kier molecular flexibility index (Phi) is 5.14. The van der Waals surface area contributed by atoms with Crippen LogP contribution in [0.1, 0.15) is 9.67 Å². The predicted molar refractivity (Wildman–Crippen MR) is 110 cm³/mol. The molecule has 2 N–H and O–H groups in total. The van der Waals surface area contributed by atoms with Crippen LogP contribution < -0.4 is 5.32 Å². The number of benzene rings is 2. The summed E-state index contributed by atoms with van der Waals surface area (Å²) in [5.41, 5.74) is 2.16. The number of sulfone groups is 1. The lowest BCUT2D eigenvalue weighted by Crippen LogP contribution is -2.11. The van der Waals surface area contributed by atoms with Crippen LogP contribution in [0.2, 0.25) is 0 Å². The van der Waals surface area contributed by atoms with Crippen molar-refractivity contribution in [2.24, 2.45) is 0 Å². The van der Waals surface area contributed by atoms with Crippen molar-refractivity contribution in [1.82, 2.24) is 20.6 Å². The topological polar surface area (TPSA) is 118 Å². The molecule has 2 aromatic heterocycles. The first-order chi connectivity index (χ1) is 14.3. The molecule has 2 aromatic carbocycles. The van der Waals surface area contributed by atoms with Crippen LogP contribution in [0.4, 0.5) is 10.3 Å². The second-order valence-corrected chi connectivity index (χ2v) is 9.43. The Morgan fingerprint density at radius 1 is 1.07 bits per heavy atom. The fraction of sp³-hybridized carbons (Fsp3) is 0.0526. The molecule has 8 nitrogen and oxygen atoms in total. The van der Waals surface area contributed by atoms with Gasteiger partial charge in [-0.05, 0) is 51.9 Å². The summed E-state index contributed by atoms with van der Waals surface area (Å²) in [6, 6.07) is 14.0. The first-order valence-corrected chi connectivity index (χ1v) is 11.3. The molecule has 152 valence electrons. The third kappa shape index (κ3) is 4.11. The molecule has 0 radical (unpaired) electrons. The summed E-state index contributed by atoms with van der Waals surface area (Å²) >= 11 is 1.22. The van der Waals surface area contributed by atoms with Crippen LogP contribution in [-0.2, 0) is 9.84 Å².